The maximum atomic E-state index is 11.0. The molecule has 4 heteroatoms. The third-order valence-corrected chi connectivity index (χ3v) is 1.62. The Bertz CT molecular complexity index is 150. The van der Waals surface area contributed by atoms with Crippen LogP contribution in [0, 0.1) is 0 Å². The number of ether oxygens (including phenoxy) is 1. The van der Waals surface area contributed by atoms with Crippen LogP contribution in [-0.4, -0.2) is 36.4 Å². The van der Waals surface area contributed by atoms with Crippen LogP contribution in [0.3, 0.4) is 0 Å². The first-order chi connectivity index (χ1) is 6.10. The summed E-state index contributed by atoms with van der Waals surface area (Å²) in [7, 11) is 0. The molecule has 2 N–H and O–H groups in total. The lowest BCUT2D eigenvalue weighted by molar-refractivity contribution is -0.143. The molecule has 0 aromatic carbocycles. The molecule has 0 aromatic heterocycles. The normalized spacial score (nSPS) is 15.1. The van der Waals surface area contributed by atoms with Crippen molar-refractivity contribution in [2.75, 3.05) is 13.2 Å². The van der Waals surface area contributed by atoms with Crippen LogP contribution in [0.25, 0.3) is 0 Å². The summed E-state index contributed by atoms with van der Waals surface area (Å²) in [5.74, 6) is -0.201. The summed E-state index contributed by atoms with van der Waals surface area (Å²) < 4.78 is 4.79. The molecular formula is C9H19NO3. The molecule has 0 aliphatic carbocycles. The van der Waals surface area contributed by atoms with Crippen LogP contribution in [0.15, 0.2) is 0 Å². The fourth-order valence-corrected chi connectivity index (χ4v) is 1.07. The molecule has 2 unspecified atom stereocenters. The number of carbonyl (C=O) groups is 1. The Kier molecular flexibility index (Phi) is 6.54. The predicted octanol–water partition coefficient (Wildman–Crippen LogP) is 0.299. The zero-order valence-corrected chi connectivity index (χ0v) is 8.54. The van der Waals surface area contributed by atoms with Crippen LogP contribution in [-0.2, 0) is 9.53 Å². The van der Waals surface area contributed by atoms with Gasteiger partial charge in [0.25, 0.3) is 0 Å². The number of hydrogen-bond donors (Lipinski definition) is 2. The molecule has 0 spiro atoms. The van der Waals surface area contributed by atoms with Gasteiger partial charge in [-0.05, 0) is 20.8 Å². The van der Waals surface area contributed by atoms with Gasteiger partial charge in [0.1, 0.15) is 0 Å². The summed E-state index contributed by atoms with van der Waals surface area (Å²) in [4.78, 5) is 11.0. The molecule has 0 heterocycles. The van der Waals surface area contributed by atoms with Crippen LogP contribution in [0.1, 0.15) is 27.2 Å². The Morgan fingerprint density at radius 3 is 2.54 bits per heavy atom. The molecule has 2 atom stereocenters. The van der Waals surface area contributed by atoms with E-state index in [0.717, 1.165) is 0 Å². The van der Waals surface area contributed by atoms with Gasteiger partial charge in [-0.3, -0.25) is 4.79 Å². The van der Waals surface area contributed by atoms with Gasteiger partial charge >= 0.3 is 5.97 Å². The van der Waals surface area contributed by atoms with Gasteiger partial charge in [0.05, 0.1) is 19.6 Å². The summed E-state index contributed by atoms with van der Waals surface area (Å²) in [5, 5.41) is 11.8. The molecule has 4 nitrogen and oxygen atoms in total. The molecule has 0 radical (unpaired) electrons. The lowest BCUT2D eigenvalue weighted by Gasteiger charge is -2.17. The molecule has 0 aliphatic heterocycles. The molecular weight excluding hydrogens is 170 g/mol. The van der Waals surface area contributed by atoms with Gasteiger partial charge in [-0.15, -0.1) is 0 Å². The second-order valence-electron chi connectivity index (χ2n) is 3.16. The van der Waals surface area contributed by atoms with E-state index in [2.05, 4.69) is 5.32 Å². The lowest BCUT2D eigenvalue weighted by atomic mass is 10.2. The first-order valence-electron chi connectivity index (χ1n) is 4.62. The quantitative estimate of drug-likeness (QED) is 0.590. The zero-order valence-electron chi connectivity index (χ0n) is 8.54. The van der Waals surface area contributed by atoms with Crippen molar-refractivity contribution in [3.05, 3.63) is 0 Å². The van der Waals surface area contributed by atoms with E-state index < -0.39 is 0 Å². The Morgan fingerprint density at radius 2 is 2.08 bits per heavy atom. The Hall–Kier alpha value is -0.610. The molecule has 78 valence electrons. The van der Waals surface area contributed by atoms with Gasteiger partial charge < -0.3 is 15.2 Å². The first kappa shape index (κ1) is 12.4. The SMILES string of the molecule is CCOC(=O)CC(C)NC(C)CO. The molecule has 0 aliphatic rings. The molecule has 0 amide bonds. The third kappa shape index (κ3) is 6.54. The monoisotopic (exact) mass is 189 g/mol. The number of esters is 1. The fourth-order valence-electron chi connectivity index (χ4n) is 1.07. The van der Waals surface area contributed by atoms with E-state index in [1.165, 1.54) is 0 Å². The molecule has 0 saturated carbocycles. The zero-order chi connectivity index (χ0) is 10.3. The van der Waals surface area contributed by atoms with Gasteiger partial charge in [-0.1, -0.05) is 0 Å². The largest absolute Gasteiger partial charge is 0.466 e. The second-order valence-corrected chi connectivity index (χ2v) is 3.16. The minimum atomic E-state index is -0.201. The number of hydrogen-bond acceptors (Lipinski definition) is 4. The Labute approximate surface area is 79.3 Å². The topological polar surface area (TPSA) is 58.6 Å². The van der Waals surface area contributed by atoms with Gasteiger partial charge in [-0.25, -0.2) is 0 Å². The van der Waals surface area contributed by atoms with Crippen LogP contribution in [0.4, 0.5) is 0 Å². The summed E-state index contributed by atoms with van der Waals surface area (Å²) in [6, 6.07) is 0.0608. The van der Waals surface area contributed by atoms with E-state index in [0.29, 0.717) is 13.0 Å². The Morgan fingerprint density at radius 1 is 1.46 bits per heavy atom. The highest BCUT2D eigenvalue weighted by Gasteiger charge is 2.11. The number of rotatable bonds is 6. The van der Waals surface area contributed by atoms with E-state index in [4.69, 9.17) is 9.84 Å². The molecule has 0 bridgehead atoms. The maximum Gasteiger partial charge on any atom is 0.307 e. The van der Waals surface area contributed by atoms with E-state index >= 15 is 0 Å². The minimum Gasteiger partial charge on any atom is -0.466 e. The summed E-state index contributed by atoms with van der Waals surface area (Å²) in [5.41, 5.74) is 0. The van der Waals surface area contributed by atoms with Crippen LogP contribution in [0.2, 0.25) is 0 Å². The highest BCUT2D eigenvalue weighted by Crippen LogP contribution is 1.95. The number of aliphatic hydroxyl groups excluding tert-OH is 1. The average Bonchev–Trinajstić information content (AvgIpc) is 2.04. The highest BCUT2D eigenvalue weighted by atomic mass is 16.5. The molecule has 0 saturated heterocycles. The number of nitrogens with one attached hydrogen (secondary N) is 1. The highest BCUT2D eigenvalue weighted by molar-refractivity contribution is 5.69. The van der Waals surface area contributed by atoms with Gasteiger partial charge in [-0.2, -0.15) is 0 Å². The minimum absolute atomic E-state index is 0.0180. The molecule has 0 rings (SSSR count). The van der Waals surface area contributed by atoms with E-state index in [1.807, 2.05) is 13.8 Å². The molecule has 0 aromatic rings. The number of aliphatic hydroxyl groups is 1. The van der Waals surface area contributed by atoms with E-state index in [1.54, 1.807) is 6.92 Å². The van der Waals surface area contributed by atoms with Crippen molar-refractivity contribution in [3.8, 4) is 0 Å². The molecule has 13 heavy (non-hydrogen) atoms. The summed E-state index contributed by atoms with van der Waals surface area (Å²) >= 11 is 0. The van der Waals surface area contributed by atoms with E-state index in [-0.39, 0.29) is 24.7 Å². The Balaban J connectivity index is 3.60. The summed E-state index contributed by atoms with van der Waals surface area (Å²) in [6.07, 6.45) is 0.345. The van der Waals surface area contributed by atoms with Gasteiger partial charge in [0, 0.05) is 12.1 Å². The summed E-state index contributed by atoms with van der Waals surface area (Å²) in [6.45, 7) is 6.03. The van der Waals surface area contributed by atoms with Gasteiger partial charge in [0.15, 0.2) is 0 Å². The van der Waals surface area contributed by atoms with Crippen molar-refractivity contribution < 1.29 is 14.6 Å². The number of carbonyl (C=O) groups excluding carboxylic acids is 1. The third-order valence-electron chi connectivity index (χ3n) is 1.62. The lowest BCUT2D eigenvalue weighted by Crippen LogP contribution is -2.38. The smallest absolute Gasteiger partial charge is 0.307 e. The van der Waals surface area contributed by atoms with Crippen LogP contribution in [0.5, 0.6) is 0 Å². The maximum absolute atomic E-state index is 11.0. The average molecular weight is 189 g/mol. The van der Waals surface area contributed by atoms with Crippen LogP contribution >= 0.6 is 0 Å². The van der Waals surface area contributed by atoms with E-state index in [9.17, 15) is 4.79 Å². The van der Waals surface area contributed by atoms with Crippen molar-refractivity contribution in [2.45, 2.75) is 39.3 Å². The van der Waals surface area contributed by atoms with Crippen molar-refractivity contribution in [1.82, 2.24) is 5.32 Å². The van der Waals surface area contributed by atoms with Crippen LogP contribution < -0.4 is 5.32 Å². The predicted molar refractivity (Wildman–Crippen MR) is 50.4 cm³/mol. The first-order valence-corrected chi connectivity index (χ1v) is 4.62. The molecule has 0 fully saturated rings. The second kappa shape index (κ2) is 6.86. The van der Waals surface area contributed by atoms with Crippen molar-refractivity contribution >= 4 is 5.97 Å². The standard InChI is InChI=1S/C9H19NO3/c1-4-13-9(12)5-7(2)10-8(3)6-11/h7-8,10-11H,4-6H2,1-3H3. The van der Waals surface area contributed by atoms with Crippen molar-refractivity contribution in [3.63, 3.8) is 0 Å². The van der Waals surface area contributed by atoms with Crippen molar-refractivity contribution in [1.29, 1.82) is 0 Å². The van der Waals surface area contributed by atoms with Crippen molar-refractivity contribution in [2.24, 2.45) is 0 Å². The van der Waals surface area contributed by atoms with Gasteiger partial charge in [0.2, 0.25) is 0 Å². The fraction of sp³-hybridized carbons (Fsp3) is 0.889.